The summed E-state index contributed by atoms with van der Waals surface area (Å²) < 4.78 is 31.7. The van der Waals surface area contributed by atoms with Crippen molar-refractivity contribution in [3.63, 3.8) is 0 Å². The number of rotatable bonds is 4. The Morgan fingerprint density at radius 2 is 1.74 bits per heavy atom. The number of carbonyl (C=O) groups is 1. The van der Waals surface area contributed by atoms with Crippen molar-refractivity contribution in [1.82, 2.24) is 4.72 Å². The molecule has 1 aromatic carbocycles. The predicted molar refractivity (Wildman–Crippen MR) is 89.6 cm³/mol. The van der Waals surface area contributed by atoms with Gasteiger partial charge in [-0.1, -0.05) is 45.0 Å². The molecular weight excluding hydrogens is 314 g/mol. The van der Waals surface area contributed by atoms with Crippen LogP contribution in [0, 0.1) is 12.3 Å². The van der Waals surface area contributed by atoms with E-state index < -0.39 is 27.1 Å². The number of nitrogens with one attached hydrogen (secondary N) is 1. The molecule has 6 heteroatoms. The zero-order chi connectivity index (χ0) is 17.9. The lowest BCUT2D eigenvalue weighted by Crippen LogP contribution is -2.46. The number of sulfonamides is 1. The fourth-order valence-corrected chi connectivity index (χ4v) is 2.57. The summed E-state index contributed by atoms with van der Waals surface area (Å²) in [5.41, 5.74) is 1.99. The zero-order valence-electron chi connectivity index (χ0n) is 14.1. The number of carbonyl (C=O) groups excluding carboxylic acids is 1. The maximum atomic E-state index is 12.2. The number of benzene rings is 1. The predicted octanol–water partition coefficient (Wildman–Crippen LogP) is 3.56. The summed E-state index contributed by atoms with van der Waals surface area (Å²) >= 11 is 0. The van der Waals surface area contributed by atoms with Crippen LogP contribution in [0.5, 0.6) is 0 Å². The number of hydrogen-bond acceptors (Lipinski definition) is 4. The maximum absolute atomic E-state index is 12.2. The van der Waals surface area contributed by atoms with E-state index in [2.05, 4.69) is 12.3 Å². The highest BCUT2D eigenvalue weighted by molar-refractivity contribution is 7.90. The number of hydrogen-bond donors (Lipinski definition) is 1. The molecule has 0 fully saturated rings. The van der Waals surface area contributed by atoms with Gasteiger partial charge in [-0.3, -0.25) is 0 Å². The SMILES string of the molecule is C=C=CC(C)(OC(=O)NS(=O)(=O)c1ccc(C)cc1)C(C)(C)C. The summed E-state index contributed by atoms with van der Waals surface area (Å²) in [5, 5.41) is 0. The van der Waals surface area contributed by atoms with Crippen LogP contribution >= 0.6 is 0 Å². The third-order valence-corrected chi connectivity index (χ3v) is 5.05. The number of ether oxygens (including phenoxy) is 1. The van der Waals surface area contributed by atoms with Gasteiger partial charge in [-0.2, -0.15) is 0 Å². The Bertz CT molecular complexity index is 723. The van der Waals surface area contributed by atoms with Gasteiger partial charge in [0.1, 0.15) is 5.60 Å². The van der Waals surface area contributed by atoms with Crippen LogP contribution in [0.25, 0.3) is 0 Å². The summed E-state index contributed by atoms with van der Waals surface area (Å²) in [6, 6.07) is 6.16. The molecule has 0 spiro atoms. The van der Waals surface area contributed by atoms with Crippen LogP contribution in [-0.2, 0) is 14.8 Å². The largest absolute Gasteiger partial charge is 0.437 e. The Hall–Kier alpha value is -2.04. The maximum Gasteiger partial charge on any atom is 0.422 e. The molecule has 0 aliphatic rings. The fraction of sp³-hybridized carbons (Fsp3) is 0.412. The van der Waals surface area contributed by atoms with E-state index in [1.54, 1.807) is 19.1 Å². The van der Waals surface area contributed by atoms with Gasteiger partial charge in [-0.05, 0) is 26.0 Å². The van der Waals surface area contributed by atoms with E-state index in [1.807, 2.05) is 32.4 Å². The molecule has 0 aliphatic heterocycles. The molecule has 0 heterocycles. The highest BCUT2D eigenvalue weighted by Crippen LogP contribution is 2.34. The number of aryl methyl sites for hydroxylation is 1. The van der Waals surface area contributed by atoms with Crippen LogP contribution in [0.4, 0.5) is 4.79 Å². The Morgan fingerprint density at radius 1 is 1.22 bits per heavy atom. The molecule has 126 valence electrons. The minimum Gasteiger partial charge on any atom is -0.437 e. The summed E-state index contributed by atoms with van der Waals surface area (Å²) in [6.45, 7) is 12.6. The Kier molecular flexibility index (Phi) is 5.46. The lowest BCUT2D eigenvalue weighted by molar-refractivity contribution is -0.0135. The first-order valence-corrected chi connectivity index (χ1v) is 8.59. The molecule has 0 saturated carbocycles. The smallest absolute Gasteiger partial charge is 0.422 e. The Balaban J connectivity index is 2.98. The molecular formula is C17H23NO4S. The first kappa shape index (κ1) is 19.0. The highest BCUT2D eigenvalue weighted by atomic mass is 32.2. The van der Waals surface area contributed by atoms with Gasteiger partial charge < -0.3 is 4.74 Å². The van der Waals surface area contributed by atoms with Crippen LogP contribution in [0.3, 0.4) is 0 Å². The van der Waals surface area contributed by atoms with Gasteiger partial charge in [0.05, 0.1) is 4.90 Å². The lowest BCUT2D eigenvalue weighted by Gasteiger charge is -2.37. The van der Waals surface area contributed by atoms with Crippen molar-refractivity contribution in [1.29, 1.82) is 0 Å². The van der Waals surface area contributed by atoms with E-state index >= 15 is 0 Å². The Labute approximate surface area is 138 Å². The molecule has 0 aliphatic carbocycles. The second-order valence-electron chi connectivity index (χ2n) is 6.51. The molecule has 1 amide bonds. The molecule has 5 nitrogen and oxygen atoms in total. The quantitative estimate of drug-likeness (QED) is 0.853. The van der Waals surface area contributed by atoms with Crippen molar-refractivity contribution in [2.75, 3.05) is 0 Å². The van der Waals surface area contributed by atoms with E-state index in [0.29, 0.717) is 0 Å². The van der Waals surface area contributed by atoms with Gasteiger partial charge in [0, 0.05) is 11.5 Å². The normalized spacial score (nSPS) is 14.3. The molecule has 0 bridgehead atoms. The zero-order valence-corrected chi connectivity index (χ0v) is 15.0. The average molecular weight is 337 g/mol. The van der Waals surface area contributed by atoms with Crippen LogP contribution < -0.4 is 4.72 Å². The first-order valence-electron chi connectivity index (χ1n) is 7.11. The van der Waals surface area contributed by atoms with Crippen molar-refractivity contribution in [3.05, 3.63) is 48.2 Å². The molecule has 0 aromatic heterocycles. The van der Waals surface area contributed by atoms with Crippen molar-refractivity contribution in [2.24, 2.45) is 5.41 Å². The third-order valence-electron chi connectivity index (χ3n) is 3.72. The molecule has 1 unspecified atom stereocenters. The highest BCUT2D eigenvalue weighted by Gasteiger charge is 2.40. The van der Waals surface area contributed by atoms with E-state index in [-0.39, 0.29) is 4.90 Å². The Morgan fingerprint density at radius 3 is 2.17 bits per heavy atom. The summed E-state index contributed by atoms with van der Waals surface area (Å²) in [6.07, 6.45) is 0.458. The summed E-state index contributed by atoms with van der Waals surface area (Å²) in [7, 11) is -3.98. The monoisotopic (exact) mass is 337 g/mol. The second kappa shape index (κ2) is 6.60. The van der Waals surface area contributed by atoms with E-state index in [9.17, 15) is 13.2 Å². The summed E-state index contributed by atoms with van der Waals surface area (Å²) in [4.78, 5) is 12.1. The van der Waals surface area contributed by atoms with Crippen molar-refractivity contribution < 1.29 is 17.9 Å². The van der Waals surface area contributed by atoms with Gasteiger partial charge in [-0.15, -0.1) is 5.73 Å². The topological polar surface area (TPSA) is 72.5 Å². The number of amides is 1. The van der Waals surface area contributed by atoms with E-state index in [0.717, 1.165) is 5.56 Å². The van der Waals surface area contributed by atoms with Crippen LogP contribution in [-0.4, -0.2) is 20.1 Å². The van der Waals surface area contributed by atoms with E-state index in [1.165, 1.54) is 18.2 Å². The molecule has 1 aromatic rings. The van der Waals surface area contributed by atoms with Crippen LogP contribution in [0.15, 0.2) is 47.5 Å². The molecule has 0 saturated heterocycles. The van der Waals surface area contributed by atoms with Gasteiger partial charge in [0.25, 0.3) is 10.0 Å². The average Bonchev–Trinajstić information content (AvgIpc) is 2.37. The second-order valence-corrected chi connectivity index (χ2v) is 8.20. The van der Waals surface area contributed by atoms with Crippen LogP contribution in [0.1, 0.15) is 33.3 Å². The minimum absolute atomic E-state index is 0.00299. The summed E-state index contributed by atoms with van der Waals surface area (Å²) in [5.74, 6) is 0. The molecule has 0 radical (unpaired) electrons. The molecule has 1 rings (SSSR count). The molecule has 1 N–H and O–H groups in total. The lowest BCUT2D eigenvalue weighted by atomic mass is 9.77. The van der Waals surface area contributed by atoms with Gasteiger partial charge in [0.15, 0.2) is 0 Å². The molecule has 1 atom stereocenters. The van der Waals surface area contributed by atoms with E-state index in [4.69, 9.17) is 4.74 Å². The van der Waals surface area contributed by atoms with Crippen molar-refractivity contribution in [3.8, 4) is 0 Å². The van der Waals surface area contributed by atoms with Crippen molar-refractivity contribution in [2.45, 2.75) is 45.1 Å². The minimum atomic E-state index is -3.98. The fourth-order valence-electron chi connectivity index (χ4n) is 1.69. The first-order chi connectivity index (χ1) is 10.4. The third kappa shape index (κ3) is 4.71. The van der Waals surface area contributed by atoms with Crippen LogP contribution in [0.2, 0.25) is 0 Å². The van der Waals surface area contributed by atoms with Gasteiger partial charge in [-0.25, -0.2) is 17.9 Å². The molecule has 23 heavy (non-hydrogen) atoms. The van der Waals surface area contributed by atoms with Gasteiger partial charge in [0.2, 0.25) is 0 Å². The standard InChI is InChI=1S/C17H23NO4S/c1-7-12-17(6,16(3,4)5)22-15(19)18-23(20,21)14-10-8-13(2)9-11-14/h8-12H,1H2,2-6H3,(H,18,19). The van der Waals surface area contributed by atoms with Gasteiger partial charge >= 0.3 is 6.09 Å². The van der Waals surface area contributed by atoms with Crippen molar-refractivity contribution >= 4 is 16.1 Å².